The molecule has 0 aromatic rings. The number of rotatable bonds is 29. The zero-order valence-corrected chi connectivity index (χ0v) is 23.9. The fourth-order valence-corrected chi connectivity index (χ4v) is 5.14. The molecule has 1 unspecified atom stereocenters. The molecule has 0 fully saturated rings. The van der Waals surface area contributed by atoms with Crippen LogP contribution in [0.1, 0.15) is 194 Å². The van der Waals surface area contributed by atoms with Crippen molar-refractivity contribution in [3.8, 4) is 0 Å². The predicted octanol–water partition coefficient (Wildman–Crippen LogP) is 11.5. The van der Waals surface area contributed by atoms with Gasteiger partial charge in [-0.15, -0.1) is 0 Å². The van der Waals surface area contributed by atoms with E-state index in [9.17, 15) is 0 Å². The van der Waals surface area contributed by atoms with E-state index < -0.39 is 0 Å². The third kappa shape index (κ3) is 28.1. The summed E-state index contributed by atoms with van der Waals surface area (Å²) < 4.78 is 0. The van der Waals surface area contributed by atoms with E-state index in [-0.39, 0.29) is 0 Å². The van der Waals surface area contributed by atoms with Crippen LogP contribution in [0.2, 0.25) is 0 Å². The fraction of sp³-hybridized carbons (Fsp3) is 1.00. The van der Waals surface area contributed by atoms with Gasteiger partial charge in [0.15, 0.2) is 0 Å². The Hall–Kier alpha value is -0.0400. The van der Waals surface area contributed by atoms with Crippen molar-refractivity contribution in [3.05, 3.63) is 0 Å². The molecular weight excluding hydrogens is 398 g/mol. The van der Waals surface area contributed by atoms with Crippen molar-refractivity contribution in [2.75, 3.05) is 6.54 Å². The number of hydrogen-bond donors (Lipinski definition) is 1. The van der Waals surface area contributed by atoms with E-state index in [1.54, 1.807) is 0 Å². The summed E-state index contributed by atoms with van der Waals surface area (Å²) in [5.41, 5.74) is 0. The molecule has 0 aliphatic rings. The molecule has 0 aromatic heterocycles. The van der Waals surface area contributed by atoms with Crippen molar-refractivity contribution in [3.63, 3.8) is 0 Å². The Morgan fingerprint density at radius 1 is 0.333 bits per heavy atom. The maximum atomic E-state index is 3.98. The van der Waals surface area contributed by atoms with Gasteiger partial charge in [-0.3, -0.25) is 0 Å². The SMILES string of the molecule is CCCCCCCCCCCCNC(CCCCCCCCC)CCCCCCCCCC. The van der Waals surface area contributed by atoms with Crippen LogP contribution in [-0.2, 0) is 0 Å². The van der Waals surface area contributed by atoms with Gasteiger partial charge in [0.1, 0.15) is 0 Å². The monoisotopic (exact) mass is 466 g/mol. The summed E-state index contributed by atoms with van der Waals surface area (Å²) in [6.07, 6.45) is 38.9. The van der Waals surface area contributed by atoms with Gasteiger partial charge >= 0.3 is 0 Å². The minimum Gasteiger partial charge on any atom is -0.314 e. The second-order valence-corrected chi connectivity index (χ2v) is 11.0. The molecule has 0 spiro atoms. The lowest BCUT2D eigenvalue weighted by Gasteiger charge is -2.19. The Labute approximate surface area is 212 Å². The molecule has 200 valence electrons. The summed E-state index contributed by atoms with van der Waals surface area (Å²) in [4.78, 5) is 0. The summed E-state index contributed by atoms with van der Waals surface area (Å²) in [6.45, 7) is 8.20. The van der Waals surface area contributed by atoms with Crippen molar-refractivity contribution in [2.24, 2.45) is 0 Å². The van der Waals surface area contributed by atoms with Crippen molar-refractivity contribution in [1.82, 2.24) is 5.32 Å². The predicted molar refractivity (Wildman–Crippen MR) is 153 cm³/mol. The van der Waals surface area contributed by atoms with Crippen LogP contribution in [0.3, 0.4) is 0 Å². The molecule has 0 saturated heterocycles. The zero-order valence-electron chi connectivity index (χ0n) is 23.9. The Morgan fingerprint density at radius 3 is 0.939 bits per heavy atom. The van der Waals surface area contributed by atoms with Gasteiger partial charge in [0.2, 0.25) is 0 Å². The number of unbranched alkanes of at least 4 members (excludes halogenated alkanes) is 22. The second kappa shape index (κ2) is 30.0. The first-order valence-electron chi connectivity index (χ1n) is 16.1. The molecule has 0 heterocycles. The summed E-state index contributed by atoms with van der Waals surface area (Å²) in [7, 11) is 0. The minimum absolute atomic E-state index is 0.791. The molecule has 0 radical (unpaired) electrons. The highest BCUT2D eigenvalue weighted by atomic mass is 14.9. The van der Waals surface area contributed by atoms with Crippen LogP contribution in [0.4, 0.5) is 0 Å². The van der Waals surface area contributed by atoms with Crippen LogP contribution >= 0.6 is 0 Å². The molecule has 0 rings (SSSR count). The summed E-state index contributed by atoms with van der Waals surface area (Å²) in [5, 5.41) is 3.98. The van der Waals surface area contributed by atoms with E-state index in [0.717, 1.165) is 6.04 Å². The number of hydrogen-bond acceptors (Lipinski definition) is 1. The molecule has 1 N–H and O–H groups in total. The maximum Gasteiger partial charge on any atom is 0.00670 e. The lowest BCUT2D eigenvalue weighted by molar-refractivity contribution is 0.405. The first-order valence-corrected chi connectivity index (χ1v) is 16.1. The molecule has 0 aromatic carbocycles. The Kier molecular flexibility index (Phi) is 30.0. The second-order valence-electron chi connectivity index (χ2n) is 11.0. The van der Waals surface area contributed by atoms with E-state index in [1.165, 1.54) is 180 Å². The summed E-state index contributed by atoms with van der Waals surface area (Å²) in [5.74, 6) is 0. The summed E-state index contributed by atoms with van der Waals surface area (Å²) in [6, 6.07) is 0.791. The third-order valence-corrected chi connectivity index (χ3v) is 7.53. The smallest absolute Gasteiger partial charge is 0.00670 e. The van der Waals surface area contributed by atoms with Crippen LogP contribution in [0.5, 0.6) is 0 Å². The molecule has 1 nitrogen and oxygen atoms in total. The standard InChI is InChI=1S/C32H67N/c1-4-7-10-13-16-18-19-22-25-28-31-33-32(29-26-23-20-15-12-9-6-3)30-27-24-21-17-14-11-8-5-2/h32-33H,4-31H2,1-3H3. The third-order valence-electron chi connectivity index (χ3n) is 7.53. The van der Waals surface area contributed by atoms with Gasteiger partial charge in [-0.25, -0.2) is 0 Å². The quantitative estimate of drug-likeness (QED) is 0.108. The maximum absolute atomic E-state index is 3.98. The van der Waals surface area contributed by atoms with Gasteiger partial charge in [-0.1, -0.05) is 175 Å². The highest BCUT2D eigenvalue weighted by Crippen LogP contribution is 2.16. The van der Waals surface area contributed by atoms with Gasteiger partial charge in [0, 0.05) is 6.04 Å². The molecule has 0 saturated carbocycles. The van der Waals surface area contributed by atoms with Gasteiger partial charge < -0.3 is 5.32 Å². The van der Waals surface area contributed by atoms with E-state index in [0.29, 0.717) is 0 Å². The van der Waals surface area contributed by atoms with Crippen LogP contribution < -0.4 is 5.32 Å². The first kappa shape index (κ1) is 33.0. The molecule has 1 heteroatoms. The van der Waals surface area contributed by atoms with Crippen molar-refractivity contribution in [2.45, 2.75) is 200 Å². The molecule has 33 heavy (non-hydrogen) atoms. The average Bonchev–Trinajstić information content (AvgIpc) is 2.83. The van der Waals surface area contributed by atoms with Gasteiger partial charge in [0.05, 0.1) is 0 Å². The zero-order chi connectivity index (χ0) is 24.1. The van der Waals surface area contributed by atoms with E-state index in [2.05, 4.69) is 26.1 Å². The molecule has 0 aliphatic carbocycles. The van der Waals surface area contributed by atoms with Gasteiger partial charge in [0.25, 0.3) is 0 Å². The Bertz CT molecular complexity index is 326. The fourth-order valence-electron chi connectivity index (χ4n) is 5.14. The highest BCUT2D eigenvalue weighted by Gasteiger charge is 2.08. The Morgan fingerprint density at radius 2 is 0.606 bits per heavy atom. The molecule has 1 atom stereocenters. The highest BCUT2D eigenvalue weighted by molar-refractivity contribution is 4.68. The van der Waals surface area contributed by atoms with Crippen LogP contribution in [0.15, 0.2) is 0 Å². The average molecular weight is 466 g/mol. The van der Waals surface area contributed by atoms with Crippen molar-refractivity contribution in [1.29, 1.82) is 0 Å². The number of nitrogens with one attached hydrogen (secondary N) is 1. The first-order chi connectivity index (χ1) is 16.3. The minimum atomic E-state index is 0.791. The molecule has 0 aliphatic heterocycles. The molecule has 0 bridgehead atoms. The van der Waals surface area contributed by atoms with Crippen LogP contribution in [0, 0.1) is 0 Å². The van der Waals surface area contributed by atoms with Gasteiger partial charge in [-0.2, -0.15) is 0 Å². The largest absolute Gasteiger partial charge is 0.314 e. The van der Waals surface area contributed by atoms with Gasteiger partial charge in [-0.05, 0) is 25.8 Å². The van der Waals surface area contributed by atoms with E-state index in [1.807, 2.05) is 0 Å². The molecule has 0 amide bonds. The molecular formula is C32H67N. The lowest BCUT2D eigenvalue weighted by atomic mass is 9.99. The van der Waals surface area contributed by atoms with Crippen molar-refractivity contribution < 1.29 is 0 Å². The summed E-state index contributed by atoms with van der Waals surface area (Å²) >= 11 is 0. The lowest BCUT2D eigenvalue weighted by Crippen LogP contribution is -2.30. The Balaban J connectivity index is 3.80. The van der Waals surface area contributed by atoms with E-state index >= 15 is 0 Å². The van der Waals surface area contributed by atoms with Crippen LogP contribution in [-0.4, -0.2) is 12.6 Å². The van der Waals surface area contributed by atoms with Crippen molar-refractivity contribution >= 4 is 0 Å². The van der Waals surface area contributed by atoms with E-state index in [4.69, 9.17) is 0 Å². The topological polar surface area (TPSA) is 12.0 Å². The normalized spacial score (nSPS) is 12.5. The van der Waals surface area contributed by atoms with Crippen LogP contribution in [0.25, 0.3) is 0 Å².